The molecule has 1 aliphatic rings. The predicted molar refractivity (Wildman–Crippen MR) is 137 cm³/mol. The van der Waals surface area contributed by atoms with Gasteiger partial charge in [-0.15, -0.1) is 11.3 Å². The van der Waals surface area contributed by atoms with Crippen molar-refractivity contribution in [2.45, 2.75) is 44.9 Å². The molecule has 2 aromatic heterocycles. The highest BCUT2D eigenvalue weighted by Crippen LogP contribution is 2.32. The molecular formula is C28H27N3OS. The van der Waals surface area contributed by atoms with Crippen molar-refractivity contribution in [1.82, 2.24) is 10.4 Å². The maximum absolute atomic E-state index is 13.1. The van der Waals surface area contributed by atoms with Crippen LogP contribution in [0.15, 0.2) is 77.2 Å². The summed E-state index contributed by atoms with van der Waals surface area (Å²) in [6.45, 7) is 1.93. The largest absolute Gasteiger partial charge is 0.272 e. The summed E-state index contributed by atoms with van der Waals surface area (Å²) in [5, 5.41) is 7.24. The van der Waals surface area contributed by atoms with Crippen molar-refractivity contribution in [2.24, 2.45) is 5.10 Å². The Morgan fingerprint density at radius 1 is 1.00 bits per heavy atom. The van der Waals surface area contributed by atoms with Gasteiger partial charge in [0.1, 0.15) is 0 Å². The molecule has 1 saturated carbocycles. The van der Waals surface area contributed by atoms with E-state index >= 15 is 0 Å². The van der Waals surface area contributed by atoms with E-state index in [1.54, 1.807) is 11.3 Å². The Labute approximate surface area is 198 Å². The minimum Gasteiger partial charge on any atom is -0.267 e. The maximum Gasteiger partial charge on any atom is 0.272 e. The van der Waals surface area contributed by atoms with Crippen molar-refractivity contribution in [1.29, 1.82) is 0 Å². The number of carbonyl (C=O) groups excluding carboxylic acids is 1. The summed E-state index contributed by atoms with van der Waals surface area (Å²) in [5.74, 6) is 0.451. The molecule has 0 aliphatic heterocycles. The van der Waals surface area contributed by atoms with Gasteiger partial charge in [-0.1, -0.05) is 67.8 Å². The van der Waals surface area contributed by atoms with E-state index in [-0.39, 0.29) is 5.91 Å². The highest BCUT2D eigenvalue weighted by molar-refractivity contribution is 7.13. The lowest BCUT2D eigenvalue weighted by molar-refractivity contribution is 0.0956. The number of benzene rings is 2. The van der Waals surface area contributed by atoms with Crippen LogP contribution in [0.2, 0.25) is 0 Å². The number of pyridine rings is 1. The third kappa shape index (κ3) is 4.74. The minimum absolute atomic E-state index is 0.232. The second-order valence-corrected chi connectivity index (χ2v) is 9.59. The number of hydrogen-bond acceptors (Lipinski definition) is 4. The van der Waals surface area contributed by atoms with E-state index in [9.17, 15) is 4.79 Å². The minimum atomic E-state index is -0.232. The fraction of sp³-hybridized carbons (Fsp3) is 0.250. The zero-order chi connectivity index (χ0) is 22.6. The molecule has 4 nitrogen and oxygen atoms in total. The molecular weight excluding hydrogens is 426 g/mol. The van der Waals surface area contributed by atoms with Crippen molar-refractivity contribution >= 4 is 33.9 Å². The van der Waals surface area contributed by atoms with Gasteiger partial charge < -0.3 is 0 Å². The second-order valence-electron chi connectivity index (χ2n) is 8.64. The predicted octanol–water partition coefficient (Wildman–Crippen LogP) is 7.17. The molecule has 5 rings (SSSR count). The molecule has 0 spiro atoms. The number of para-hydroxylation sites is 1. The smallest absolute Gasteiger partial charge is 0.267 e. The summed E-state index contributed by atoms with van der Waals surface area (Å²) in [7, 11) is 0. The van der Waals surface area contributed by atoms with E-state index in [2.05, 4.69) is 34.8 Å². The molecule has 166 valence electrons. The van der Waals surface area contributed by atoms with Crippen molar-refractivity contribution in [3.05, 3.63) is 88.8 Å². The highest BCUT2D eigenvalue weighted by Gasteiger charge is 2.16. The number of carbonyl (C=O) groups is 1. The molecule has 1 fully saturated rings. The number of hydrogen-bond donors (Lipinski definition) is 1. The third-order valence-electron chi connectivity index (χ3n) is 6.46. The normalized spacial score (nSPS) is 15.0. The SMILES string of the molecule is C/C(=N\NC(=O)c1cc(-c2cccs2)nc2ccccc12)c1ccc(C2CCCCC2)cc1. The van der Waals surface area contributed by atoms with Crippen LogP contribution in [-0.4, -0.2) is 16.6 Å². The molecule has 1 aliphatic carbocycles. The van der Waals surface area contributed by atoms with Gasteiger partial charge in [0.15, 0.2) is 0 Å². The Morgan fingerprint density at radius 2 is 1.79 bits per heavy atom. The Kier molecular flexibility index (Phi) is 6.31. The topological polar surface area (TPSA) is 54.4 Å². The Bertz CT molecular complexity index is 1290. The summed E-state index contributed by atoms with van der Waals surface area (Å²) < 4.78 is 0. The first-order valence-electron chi connectivity index (χ1n) is 11.6. The van der Waals surface area contributed by atoms with Crippen LogP contribution in [0.4, 0.5) is 0 Å². The number of thiophene rings is 1. The van der Waals surface area contributed by atoms with Gasteiger partial charge in [0.25, 0.3) is 5.91 Å². The number of nitrogens with one attached hydrogen (secondary N) is 1. The molecule has 0 bridgehead atoms. The van der Waals surface area contributed by atoms with Gasteiger partial charge in [-0.2, -0.15) is 5.10 Å². The first-order valence-corrected chi connectivity index (χ1v) is 12.5. The Hall–Kier alpha value is -3.31. The number of fused-ring (bicyclic) bond motifs is 1. The molecule has 2 heterocycles. The summed E-state index contributed by atoms with van der Waals surface area (Å²) in [4.78, 5) is 18.9. The number of rotatable bonds is 5. The van der Waals surface area contributed by atoms with Crippen LogP contribution < -0.4 is 5.43 Å². The van der Waals surface area contributed by atoms with E-state index in [1.807, 2.05) is 54.8 Å². The monoisotopic (exact) mass is 453 g/mol. The fourth-order valence-corrected chi connectivity index (χ4v) is 5.29. The first-order chi connectivity index (χ1) is 16.2. The number of hydrazone groups is 1. The molecule has 1 N–H and O–H groups in total. The molecule has 0 unspecified atom stereocenters. The van der Waals surface area contributed by atoms with Gasteiger partial charge in [-0.05, 0) is 60.4 Å². The average Bonchev–Trinajstić information content (AvgIpc) is 3.42. The van der Waals surface area contributed by atoms with Crippen molar-refractivity contribution in [3.63, 3.8) is 0 Å². The van der Waals surface area contributed by atoms with Gasteiger partial charge in [-0.3, -0.25) is 4.79 Å². The molecule has 1 amide bonds. The van der Waals surface area contributed by atoms with Crippen LogP contribution in [0.25, 0.3) is 21.5 Å². The maximum atomic E-state index is 13.1. The lowest BCUT2D eigenvalue weighted by Crippen LogP contribution is -2.20. The van der Waals surface area contributed by atoms with Gasteiger partial charge in [0.05, 0.1) is 27.4 Å². The van der Waals surface area contributed by atoms with Crippen LogP contribution >= 0.6 is 11.3 Å². The van der Waals surface area contributed by atoms with Crippen LogP contribution in [-0.2, 0) is 0 Å². The lowest BCUT2D eigenvalue weighted by atomic mass is 9.84. The van der Waals surface area contributed by atoms with E-state index in [0.29, 0.717) is 11.5 Å². The van der Waals surface area contributed by atoms with Gasteiger partial charge in [-0.25, -0.2) is 10.4 Å². The average molecular weight is 454 g/mol. The van der Waals surface area contributed by atoms with Gasteiger partial charge in [0.2, 0.25) is 0 Å². The number of amides is 1. The fourth-order valence-electron chi connectivity index (χ4n) is 4.61. The van der Waals surface area contributed by atoms with Crippen LogP contribution in [0.3, 0.4) is 0 Å². The van der Waals surface area contributed by atoms with Crippen molar-refractivity contribution in [3.8, 4) is 10.6 Å². The molecule has 5 heteroatoms. The highest BCUT2D eigenvalue weighted by atomic mass is 32.1. The Balaban J connectivity index is 1.37. The third-order valence-corrected chi connectivity index (χ3v) is 7.36. The summed E-state index contributed by atoms with van der Waals surface area (Å²) in [6.07, 6.45) is 6.60. The molecule has 0 radical (unpaired) electrons. The van der Waals surface area contributed by atoms with Crippen LogP contribution in [0.1, 0.15) is 66.4 Å². The molecule has 4 aromatic rings. The van der Waals surface area contributed by atoms with Gasteiger partial charge in [0, 0.05) is 5.39 Å². The molecule has 33 heavy (non-hydrogen) atoms. The van der Waals surface area contributed by atoms with E-state index < -0.39 is 0 Å². The van der Waals surface area contributed by atoms with Crippen LogP contribution in [0.5, 0.6) is 0 Å². The Morgan fingerprint density at radius 3 is 2.55 bits per heavy atom. The first kappa shape index (κ1) is 21.5. The summed E-state index contributed by atoms with van der Waals surface area (Å²) in [5.41, 5.74) is 8.16. The van der Waals surface area contributed by atoms with Gasteiger partial charge >= 0.3 is 0 Å². The summed E-state index contributed by atoms with van der Waals surface area (Å²) >= 11 is 1.61. The quantitative estimate of drug-likeness (QED) is 0.257. The lowest BCUT2D eigenvalue weighted by Gasteiger charge is -2.22. The summed E-state index contributed by atoms with van der Waals surface area (Å²) in [6, 6.07) is 22.3. The zero-order valence-electron chi connectivity index (χ0n) is 18.8. The molecule has 2 aromatic carbocycles. The van der Waals surface area contributed by atoms with Crippen molar-refractivity contribution < 1.29 is 4.79 Å². The van der Waals surface area contributed by atoms with E-state index in [0.717, 1.165) is 32.7 Å². The second kappa shape index (κ2) is 9.67. The molecule has 0 saturated heterocycles. The van der Waals surface area contributed by atoms with Crippen LogP contribution in [0, 0.1) is 0 Å². The van der Waals surface area contributed by atoms with E-state index in [4.69, 9.17) is 4.98 Å². The van der Waals surface area contributed by atoms with Crippen molar-refractivity contribution in [2.75, 3.05) is 0 Å². The zero-order valence-corrected chi connectivity index (χ0v) is 19.6. The molecule has 0 atom stereocenters. The number of aromatic nitrogens is 1. The van der Waals surface area contributed by atoms with E-state index in [1.165, 1.54) is 37.7 Å². The standard InChI is InChI=1S/C28H27N3OS/c1-19(20-13-15-22(16-14-20)21-8-3-2-4-9-21)30-31-28(32)24-18-26(27-12-7-17-33-27)29-25-11-6-5-10-23(24)25/h5-7,10-18,21H,2-4,8-9H2,1H3,(H,31,32)/b30-19+. The number of nitrogens with zero attached hydrogens (tertiary/aromatic N) is 2.